The highest BCUT2D eigenvalue weighted by molar-refractivity contribution is 5.95. The van der Waals surface area contributed by atoms with Crippen LogP contribution in [-0.2, 0) is 0 Å². The summed E-state index contributed by atoms with van der Waals surface area (Å²) in [6.45, 7) is 2.21. The summed E-state index contributed by atoms with van der Waals surface area (Å²) in [5, 5.41) is 13.3. The second kappa shape index (κ2) is 5.87. The van der Waals surface area contributed by atoms with Gasteiger partial charge in [-0.05, 0) is 35.7 Å². The van der Waals surface area contributed by atoms with Gasteiger partial charge in [0.05, 0.1) is 6.04 Å². The largest absolute Gasteiger partial charge is 0.505 e. The molecular formula is C18H18FN3O2. The highest BCUT2D eigenvalue weighted by Gasteiger charge is 2.47. The molecule has 0 radical (unpaired) electrons. The summed E-state index contributed by atoms with van der Waals surface area (Å²) in [6, 6.07) is 9.24. The number of hydrogen-bond donors (Lipinski definition) is 2. The first-order valence-electron chi connectivity index (χ1n) is 8.06. The lowest BCUT2D eigenvalue weighted by atomic mass is 9.89. The summed E-state index contributed by atoms with van der Waals surface area (Å²) in [4.78, 5) is 18.7. The van der Waals surface area contributed by atoms with Crippen molar-refractivity contribution in [3.05, 3.63) is 59.7 Å². The molecule has 5 nitrogen and oxygen atoms in total. The number of likely N-dealkylation sites (tertiary alicyclic amines) is 1. The Labute approximate surface area is 139 Å². The average Bonchev–Trinajstić information content (AvgIpc) is 3.15. The van der Waals surface area contributed by atoms with Gasteiger partial charge in [-0.15, -0.1) is 0 Å². The van der Waals surface area contributed by atoms with Crippen LogP contribution in [0.4, 0.5) is 4.39 Å². The number of fused-ring (bicyclic) bond motifs is 1. The van der Waals surface area contributed by atoms with Crippen LogP contribution in [0, 0.1) is 17.7 Å². The lowest BCUT2D eigenvalue weighted by molar-refractivity contribution is 0.0704. The molecule has 0 saturated carbocycles. The molecule has 0 aliphatic carbocycles. The van der Waals surface area contributed by atoms with E-state index in [-0.39, 0.29) is 35.1 Å². The fraction of sp³-hybridized carbons (Fsp3) is 0.333. The van der Waals surface area contributed by atoms with Crippen molar-refractivity contribution < 1.29 is 14.3 Å². The number of aromatic nitrogens is 1. The van der Waals surface area contributed by atoms with Gasteiger partial charge < -0.3 is 15.3 Å². The lowest BCUT2D eigenvalue weighted by Gasteiger charge is -2.28. The van der Waals surface area contributed by atoms with Crippen molar-refractivity contribution in [2.45, 2.75) is 6.04 Å². The van der Waals surface area contributed by atoms with E-state index < -0.39 is 0 Å². The van der Waals surface area contributed by atoms with E-state index in [0.717, 1.165) is 18.7 Å². The van der Waals surface area contributed by atoms with Gasteiger partial charge in [0, 0.05) is 31.7 Å². The van der Waals surface area contributed by atoms with Crippen molar-refractivity contribution in [1.29, 1.82) is 0 Å². The van der Waals surface area contributed by atoms with Crippen molar-refractivity contribution in [1.82, 2.24) is 15.2 Å². The fourth-order valence-corrected chi connectivity index (χ4v) is 3.94. The number of nitrogens with zero attached hydrogens (tertiary/aromatic N) is 2. The molecule has 2 aromatic rings. The summed E-state index contributed by atoms with van der Waals surface area (Å²) in [7, 11) is 0. The van der Waals surface area contributed by atoms with Gasteiger partial charge in [-0.1, -0.05) is 12.1 Å². The molecule has 1 aromatic heterocycles. The van der Waals surface area contributed by atoms with E-state index in [9.17, 15) is 14.3 Å². The van der Waals surface area contributed by atoms with Gasteiger partial charge in [0.25, 0.3) is 5.91 Å². The summed E-state index contributed by atoms with van der Waals surface area (Å²) in [5.74, 6) is -0.183. The number of halogens is 1. The molecule has 24 heavy (non-hydrogen) atoms. The third kappa shape index (κ3) is 2.43. The normalized spacial score (nSPS) is 25.7. The number of benzene rings is 1. The van der Waals surface area contributed by atoms with Crippen LogP contribution in [0.25, 0.3) is 0 Å². The molecule has 2 N–H and O–H groups in total. The summed E-state index contributed by atoms with van der Waals surface area (Å²) < 4.78 is 13.7. The highest BCUT2D eigenvalue weighted by Crippen LogP contribution is 2.43. The standard InChI is InChI=1S/C18H18FN3O2/c19-13-4-1-3-11(7-13)17-14-9-20-8-12(14)10-22(17)18(24)16-15(23)5-2-6-21-16/h1-7,12,14,17,20,23H,8-10H2/t12-,14-,17+/m0/s1. The maximum atomic E-state index is 13.7. The van der Waals surface area contributed by atoms with Crippen LogP contribution in [0.15, 0.2) is 42.6 Å². The Morgan fingerprint density at radius 3 is 2.96 bits per heavy atom. The monoisotopic (exact) mass is 327 g/mol. The van der Waals surface area contributed by atoms with E-state index in [0.29, 0.717) is 12.5 Å². The van der Waals surface area contributed by atoms with Gasteiger partial charge in [-0.25, -0.2) is 9.37 Å². The van der Waals surface area contributed by atoms with E-state index >= 15 is 0 Å². The third-order valence-corrected chi connectivity index (χ3v) is 5.00. The number of carbonyl (C=O) groups is 1. The van der Waals surface area contributed by atoms with Gasteiger partial charge in [0.1, 0.15) is 11.6 Å². The SMILES string of the molecule is O=C(c1ncccc1O)N1C[C@@H]2CNC[C@@H]2[C@H]1c1cccc(F)c1. The molecule has 0 bridgehead atoms. The van der Waals surface area contributed by atoms with Gasteiger partial charge >= 0.3 is 0 Å². The van der Waals surface area contributed by atoms with Crippen LogP contribution in [0.3, 0.4) is 0 Å². The number of nitrogens with one attached hydrogen (secondary N) is 1. The number of amides is 1. The van der Waals surface area contributed by atoms with E-state index in [4.69, 9.17) is 0 Å². The Kier molecular flexibility index (Phi) is 3.69. The maximum Gasteiger partial charge on any atom is 0.276 e. The van der Waals surface area contributed by atoms with E-state index in [1.54, 1.807) is 17.0 Å². The maximum absolute atomic E-state index is 13.7. The second-order valence-corrected chi connectivity index (χ2v) is 6.41. The van der Waals surface area contributed by atoms with Crippen molar-refractivity contribution >= 4 is 5.91 Å². The van der Waals surface area contributed by atoms with Crippen LogP contribution >= 0.6 is 0 Å². The fourth-order valence-electron chi connectivity index (χ4n) is 3.94. The third-order valence-electron chi connectivity index (χ3n) is 5.00. The number of rotatable bonds is 2. The smallest absolute Gasteiger partial charge is 0.276 e. The van der Waals surface area contributed by atoms with E-state index in [1.807, 2.05) is 6.07 Å². The first kappa shape index (κ1) is 15.1. The summed E-state index contributed by atoms with van der Waals surface area (Å²) in [5.41, 5.74) is 0.835. The number of hydrogen-bond acceptors (Lipinski definition) is 4. The Bertz CT molecular complexity index is 782. The minimum absolute atomic E-state index is 0.0480. The van der Waals surface area contributed by atoms with Crippen LogP contribution in [-0.4, -0.2) is 40.5 Å². The number of aromatic hydroxyl groups is 1. The molecule has 3 atom stereocenters. The first-order chi connectivity index (χ1) is 11.6. The molecule has 2 saturated heterocycles. The van der Waals surface area contributed by atoms with Crippen LogP contribution < -0.4 is 5.32 Å². The highest BCUT2D eigenvalue weighted by atomic mass is 19.1. The van der Waals surface area contributed by atoms with Crippen molar-refractivity contribution in [2.75, 3.05) is 19.6 Å². The number of carbonyl (C=O) groups excluding carboxylic acids is 1. The number of pyridine rings is 1. The van der Waals surface area contributed by atoms with Crippen LogP contribution in [0.5, 0.6) is 5.75 Å². The van der Waals surface area contributed by atoms with Gasteiger partial charge in [-0.3, -0.25) is 4.79 Å². The molecule has 0 unspecified atom stereocenters. The zero-order valence-corrected chi connectivity index (χ0v) is 13.0. The molecule has 2 aliphatic heterocycles. The van der Waals surface area contributed by atoms with Crippen LogP contribution in [0.2, 0.25) is 0 Å². The Hall–Kier alpha value is -2.47. The summed E-state index contributed by atoms with van der Waals surface area (Å²) >= 11 is 0. The van der Waals surface area contributed by atoms with E-state index in [1.165, 1.54) is 24.4 Å². The van der Waals surface area contributed by atoms with Gasteiger partial charge in [-0.2, -0.15) is 0 Å². The quantitative estimate of drug-likeness (QED) is 0.885. The van der Waals surface area contributed by atoms with Gasteiger partial charge in [0.2, 0.25) is 0 Å². The molecule has 3 heterocycles. The molecule has 2 aliphatic rings. The molecule has 2 fully saturated rings. The average molecular weight is 327 g/mol. The zero-order valence-electron chi connectivity index (χ0n) is 13.0. The molecule has 124 valence electrons. The topological polar surface area (TPSA) is 65.5 Å². The Morgan fingerprint density at radius 1 is 1.29 bits per heavy atom. The van der Waals surface area contributed by atoms with E-state index in [2.05, 4.69) is 10.3 Å². The molecule has 1 amide bonds. The zero-order chi connectivity index (χ0) is 16.7. The van der Waals surface area contributed by atoms with Crippen molar-refractivity contribution in [3.8, 4) is 5.75 Å². The molecule has 1 aromatic carbocycles. The molecule has 4 rings (SSSR count). The lowest BCUT2D eigenvalue weighted by Crippen LogP contribution is -2.35. The predicted octanol–water partition coefficient (Wildman–Crippen LogP) is 1.96. The van der Waals surface area contributed by atoms with Crippen molar-refractivity contribution in [2.24, 2.45) is 11.8 Å². The minimum atomic E-state index is -0.310. The summed E-state index contributed by atoms with van der Waals surface area (Å²) in [6.07, 6.45) is 1.49. The van der Waals surface area contributed by atoms with Crippen LogP contribution in [0.1, 0.15) is 22.1 Å². The Morgan fingerprint density at radius 2 is 2.17 bits per heavy atom. The second-order valence-electron chi connectivity index (χ2n) is 6.41. The van der Waals surface area contributed by atoms with Crippen molar-refractivity contribution in [3.63, 3.8) is 0 Å². The minimum Gasteiger partial charge on any atom is -0.505 e. The van der Waals surface area contributed by atoms with Gasteiger partial charge in [0.15, 0.2) is 5.69 Å². The molecule has 6 heteroatoms. The Balaban J connectivity index is 1.73. The first-order valence-corrected chi connectivity index (χ1v) is 8.06. The molecule has 0 spiro atoms. The predicted molar refractivity (Wildman–Crippen MR) is 85.9 cm³/mol. The molecular weight excluding hydrogens is 309 g/mol.